The molecule has 1 aliphatic rings. The van der Waals surface area contributed by atoms with Gasteiger partial charge in [-0.2, -0.15) is 0 Å². The lowest BCUT2D eigenvalue weighted by atomic mass is 10.3. The Labute approximate surface area is 76.8 Å². The van der Waals surface area contributed by atoms with Gasteiger partial charge in [-0.05, 0) is 0 Å². The lowest BCUT2D eigenvalue weighted by Gasteiger charge is -2.31. The van der Waals surface area contributed by atoms with Gasteiger partial charge >= 0.3 is 0 Å². The largest absolute Gasteiger partial charge is 0.339 e. The van der Waals surface area contributed by atoms with Gasteiger partial charge in [-0.1, -0.05) is 12.8 Å². The minimum absolute atomic E-state index is 0.0214. The summed E-state index contributed by atoms with van der Waals surface area (Å²) in [6.45, 7) is 3.14. The van der Waals surface area contributed by atoms with E-state index in [4.69, 9.17) is 11.6 Å². The maximum absolute atomic E-state index is 11.0. The Morgan fingerprint density at radius 2 is 1.91 bits per heavy atom. The van der Waals surface area contributed by atoms with Crippen LogP contribution >= 0.6 is 24.4 Å². The van der Waals surface area contributed by atoms with E-state index in [0.717, 1.165) is 26.2 Å². The molecule has 1 amide bonds. The summed E-state index contributed by atoms with van der Waals surface area (Å²) in [5, 5.41) is 0. The van der Waals surface area contributed by atoms with Crippen molar-refractivity contribution in [2.24, 2.45) is 0 Å². The number of carbonyl (C=O) groups excluding carboxylic acids is 1. The fourth-order valence-electron chi connectivity index (χ4n) is 1.03. The van der Waals surface area contributed by atoms with E-state index in [1.165, 1.54) is 0 Å². The number of amides is 1. The topological polar surface area (TPSA) is 23.6 Å². The third kappa shape index (κ3) is 2.54. The second-order valence-corrected chi connectivity index (χ2v) is 3.30. The average molecular weight is 195 g/mol. The van der Waals surface area contributed by atoms with Gasteiger partial charge in [-0.15, -0.1) is 11.6 Å². The van der Waals surface area contributed by atoms with Crippen molar-refractivity contribution in [2.75, 3.05) is 32.1 Å². The number of piperazine rings is 1. The summed E-state index contributed by atoms with van der Waals surface area (Å²) >= 11 is 9.56. The van der Waals surface area contributed by atoms with Gasteiger partial charge in [0.05, 0.1) is 0 Å². The van der Waals surface area contributed by atoms with E-state index in [1.54, 1.807) is 4.90 Å². The van der Waals surface area contributed by atoms with Crippen molar-refractivity contribution >= 4 is 30.3 Å². The molecule has 0 radical (unpaired) electrons. The van der Waals surface area contributed by atoms with E-state index < -0.39 is 0 Å². The first-order valence-corrected chi connectivity index (χ1v) is 4.45. The molecular weight excluding hydrogens is 184 g/mol. The lowest BCUT2D eigenvalue weighted by Crippen LogP contribution is -2.46. The average Bonchev–Trinajstić information content (AvgIpc) is 2.05. The summed E-state index contributed by atoms with van der Waals surface area (Å²) in [6, 6.07) is 0. The summed E-state index contributed by atoms with van der Waals surface area (Å²) in [7, 11) is 0. The molecule has 1 rings (SSSR count). The van der Waals surface area contributed by atoms with Crippen LogP contribution in [0.3, 0.4) is 0 Å². The number of carbonyl (C=O) groups is 1. The molecule has 1 fully saturated rings. The summed E-state index contributed by atoms with van der Waals surface area (Å²) in [5.74, 6) is 0.111. The van der Waals surface area contributed by atoms with Crippen molar-refractivity contribution in [2.45, 2.75) is 0 Å². The van der Waals surface area contributed by atoms with Gasteiger partial charge in [0.1, 0.15) is 5.88 Å². The Hall–Kier alpha value is 0.0700. The SMILES string of the molecule is O=C(CCl)N1CCN(S)CC1. The molecular formula is C6H11ClN2OS. The third-order valence-corrected chi connectivity index (χ3v) is 2.35. The summed E-state index contributed by atoms with van der Waals surface area (Å²) in [4.78, 5) is 12.8. The second kappa shape index (κ2) is 4.18. The highest BCUT2D eigenvalue weighted by atomic mass is 35.5. The van der Waals surface area contributed by atoms with Gasteiger partial charge in [-0.3, -0.25) is 4.79 Å². The molecule has 1 heterocycles. The van der Waals surface area contributed by atoms with Crippen LogP contribution < -0.4 is 0 Å². The van der Waals surface area contributed by atoms with Gasteiger partial charge in [0.15, 0.2) is 0 Å². The van der Waals surface area contributed by atoms with Crippen LogP contribution in [-0.2, 0) is 4.79 Å². The van der Waals surface area contributed by atoms with E-state index in [0.29, 0.717) is 0 Å². The molecule has 0 atom stereocenters. The molecule has 0 spiro atoms. The standard InChI is InChI=1S/C6H11ClN2OS/c7-5-6(10)8-1-3-9(11)4-2-8/h11H,1-5H2. The van der Waals surface area contributed by atoms with Gasteiger partial charge in [0.2, 0.25) is 5.91 Å². The van der Waals surface area contributed by atoms with Crippen molar-refractivity contribution in [3.63, 3.8) is 0 Å². The summed E-state index contributed by atoms with van der Waals surface area (Å²) < 4.78 is 1.90. The Morgan fingerprint density at radius 1 is 1.36 bits per heavy atom. The fourth-order valence-corrected chi connectivity index (χ4v) is 1.38. The molecule has 0 N–H and O–H groups in total. The highest BCUT2D eigenvalue weighted by molar-refractivity contribution is 7.77. The molecule has 1 aliphatic heterocycles. The number of alkyl halides is 1. The Morgan fingerprint density at radius 3 is 2.36 bits per heavy atom. The van der Waals surface area contributed by atoms with Crippen molar-refractivity contribution in [1.29, 1.82) is 0 Å². The maximum Gasteiger partial charge on any atom is 0.237 e. The number of thiol groups is 1. The Bertz CT molecular complexity index is 148. The molecule has 0 aromatic carbocycles. The molecule has 5 heteroatoms. The van der Waals surface area contributed by atoms with Gasteiger partial charge < -0.3 is 4.90 Å². The first-order valence-electron chi connectivity index (χ1n) is 3.51. The minimum atomic E-state index is 0.0214. The third-order valence-electron chi connectivity index (χ3n) is 1.72. The smallest absolute Gasteiger partial charge is 0.237 e. The highest BCUT2D eigenvalue weighted by Gasteiger charge is 2.17. The molecule has 11 heavy (non-hydrogen) atoms. The fraction of sp³-hybridized carbons (Fsp3) is 0.833. The molecule has 0 aliphatic carbocycles. The van der Waals surface area contributed by atoms with Crippen LogP contribution in [0.4, 0.5) is 0 Å². The zero-order valence-corrected chi connectivity index (χ0v) is 7.81. The zero-order chi connectivity index (χ0) is 8.27. The zero-order valence-electron chi connectivity index (χ0n) is 6.16. The summed E-state index contributed by atoms with van der Waals surface area (Å²) in [5.41, 5.74) is 0. The molecule has 0 unspecified atom stereocenters. The van der Waals surface area contributed by atoms with E-state index >= 15 is 0 Å². The summed E-state index contributed by atoms with van der Waals surface area (Å²) in [6.07, 6.45) is 0. The molecule has 0 bridgehead atoms. The number of halogens is 1. The first-order chi connectivity index (χ1) is 5.24. The van der Waals surface area contributed by atoms with Crippen LogP contribution in [0.25, 0.3) is 0 Å². The molecule has 3 nitrogen and oxygen atoms in total. The van der Waals surface area contributed by atoms with Crippen molar-refractivity contribution in [3.8, 4) is 0 Å². The number of hydrogen-bond acceptors (Lipinski definition) is 3. The van der Waals surface area contributed by atoms with Crippen molar-refractivity contribution in [1.82, 2.24) is 9.21 Å². The normalized spacial score (nSPS) is 20.4. The van der Waals surface area contributed by atoms with Crippen molar-refractivity contribution < 1.29 is 4.79 Å². The Balaban J connectivity index is 2.33. The van der Waals surface area contributed by atoms with E-state index in [2.05, 4.69) is 12.8 Å². The predicted molar refractivity (Wildman–Crippen MR) is 47.9 cm³/mol. The molecule has 0 aromatic heterocycles. The number of hydrogen-bond donors (Lipinski definition) is 1. The number of rotatable bonds is 1. The maximum atomic E-state index is 11.0. The lowest BCUT2D eigenvalue weighted by molar-refractivity contribution is -0.129. The second-order valence-electron chi connectivity index (χ2n) is 2.47. The number of nitrogens with zero attached hydrogens (tertiary/aromatic N) is 2. The van der Waals surface area contributed by atoms with Crippen molar-refractivity contribution in [3.05, 3.63) is 0 Å². The van der Waals surface area contributed by atoms with Gasteiger partial charge in [0.25, 0.3) is 0 Å². The van der Waals surface area contributed by atoms with Gasteiger partial charge in [-0.25, -0.2) is 4.31 Å². The van der Waals surface area contributed by atoms with Crippen LogP contribution in [0.15, 0.2) is 0 Å². The molecule has 64 valence electrons. The predicted octanol–water partition coefficient (Wildman–Crippen LogP) is 0.214. The van der Waals surface area contributed by atoms with Crippen LogP contribution in [0.1, 0.15) is 0 Å². The monoisotopic (exact) mass is 194 g/mol. The van der Waals surface area contributed by atoms with Crippen LogP contribution in [0.2, 0.25) is 0 Å². The van der Waals surface area contributed by atoms with Crippen LogP contribution in [-0.4, -0.2) is 47.2 Å². The van der Waals surface area contributed by atoms with Crippen LogP contribution in [0, 0.1) is 0 Å². The van der Waals surface area contributed by atoms with Crippen LogP contribution in [0.5, 0.6) is 0 Å². The molecule has 0 aromatic rings. The molecule has 1 saturated heterocycles. The quantitative estimate of drug-likeness (QED) is 0.477. The first kappa shape index (κ1) is 9.16. The minimum Gasteiger partial charge on any atom is -0.339 e. The van der Waals surface area contributed by atoms with Gasteiger partial charge in [0, 0.05) is 26.2 Å². The Kier molecular flexibility index (Phi) is 3.48. The van der Waals surface area contributed by atoms with E-state index in [-0.39, 0.29) is 11.8 Å². The highest BCUT2D eigenvalue weighted by Crippen LogP contribution is 2.03. The van der Waals surface area contributed by atoms with E-state index in [9.17, 15) is 4.79 Å². The molecule has 0 saturated carbocycles. The van der Waals surface area contributed by atoms with E-state index in [1.807, 2.05) is 4.31 Å².